The summed E-state index contributed by atoms with van der Waals surface area (Å²) in [6, 6.07) is 16.8. The molecule has 0 amide bonds. The maximum Gasteiger partial charge on any atom is 0.123 e. The van der Waals surface area contributed by atoms with Crippen LogP contribution >= 0.6 is 0 Å². The van der Waals surface area contributed by atoms with Gasteiger partial charge in [-0.2, -0.15) is 5.26 Å². The molecule has 3 heteroatoms. The molecule has 3 nitrogen and oxygen atoms in total. The molecule has 0 saturated carbocycles. The molecule has 0 radical (unpaired) electrons. The van der Waals surface area contributed by atoms with E-state index in [0.717, 1.165) is 55.6 Å². The summed E-state index contributed by atoms with van der Waals surface area (Å²) in [6.45, 7) is 11.2. The van der Waals surface area contributed by atoms with Crippen LogP contribution in [-0.4, -0.2) is 23.1 Å². The Kier molecular flexibility index (Phi) is 8.08. The van der Waals surface area contributed by atoms with Gasteiger partial charge < -0.3 is 5.11 Å². The fraction of sp³-hybridized carbons (Fsp3) is 0.480. The number of nitrogens with zero attached hydrogens (tertiary/aromatic N) is 2. The Morgan fingerprint density at radius 3 is 2.18 bits per heavy atom. The van der Waals surface area contributed by atoms with Crippen molar-refractivity contribution < 1.29 is 5.11 Å². The van der Waals surface area contributed by atoms with E-state index in [9.17, 15) is 5.11 Å². The Balaban J connectivity index is 0.00000136. The van der Waals surface area contributed by atoms with Crippen molar-refractivity contribution in [3.63, 3.8) is 0 Å². The molecule has 1 saturated heterocycles. The molecular weight excluding hydrogens is 344 g/mol. The average Bonchev–Trinajstić information content (AvgIpc) is 2.72. The highest BCUT2D eigenvalue weighted by molar-refractivity contribution is 5.70. The molecule has 0 bridgehead atoms. The van der Waals surface area contributed by atoms with Gasteiger partial charge >= 0.3 is 0 Å². The minimum atomic E-state index is 0.169. The van der Waals surface area contributed by atoms with Crippen molar-refractivity contribution in [3.05, 3.63) is 53.6 Å². The van der Waals surface area contributed by atoms with Gasteiger partial charge in [0, 0.05) is 18.5 Å². The van der Waals surface area contributed by atoms with Crippen LogP contribution in [0.2, 0.25) is 0 Å². The fourth-order valence-corrected chi connectivity index (χ4v) is 3.72. The number of benzene rings is 2. The van der Waals surface area contributed by atoms with Gasteiger partial charge in [-0.25, -0.2) is 0 Å². The molecule has 1 aliphatic rings. The lowest BCUT2D eigenvalue weighted by Gasteiger charge is -2.38. The number of likely N-dealkylation sites (tertiary alicyclic amines) is 1. The van der Waals surface area contributed by atoms with Crippen molar-refractivity contribution in [2.45, 2.75) is 59.9 Å². The third-order valence-electron chi connectivity index (χ3n) is 5.71. The predicted molar refractivity (Wildman–Crippen MR) is 117 cm³/mol. The van der Waals surface area contributed by atoms with Crippen LogP contribution in [0.15, 0.2) is 42.5 Å². The number of piperidine rings is 1. The summed E-state index contributed by atoms with van der Waals surface area (Å²) in [5.41, 5.74) is 4.55. The van der Waals surface area contributed by atoms with Gasteiger partial charge in [-0.05, 0) is 60.5 Å². The van der Waals surface area contributed by atoms with Gasteiger partial charge in [-0.3, -0.25) is 4.90 Å². The summed E-state index contributed by atoms with van der Waals surface area (Å²) < 4.78 is 0. The minimum absolute atomic E-state index is 0.169. The van der Waals surface area contributed by atoms with Crippen LogP contribution in [-0.2, 0) is 13.0 Å². The molecule has 1 heterocycles. The zero-order chi connectivity index (χ0) is 20.6. The molecule has 2 aromatic carbocycles. The number of rotatable bonds is 5. The molecular formula is C25H34N2O. The minimum Gasteiger partial charge on any atom is -0.507 e. The maximum atomic E-state index is 10.5. The third kappa shape index (κ3) is 5.59. The Hall–Kier alpha value is -2.31. The molecule has 0 spiro atoms. The number of aromatic hydroxyl groups is 1. The molecule has 2 aromatic rings. The molecule has 150 valence electrons. The van der Waals surface area contributed by atoms with E-state index in [0.29, 0.717) is 12.2 Å². The summed E-state index contributed by atoms with van der Waals surface area (Å²) >= 11 is 0. The van der Waals surface area contributed by atoms with E-state index in [1.807, 2.05) is 26.0 Å². The van der Waals surface area contributed by atoms with Gasteiger partial charge in [0.15, 0.2) is 0 Å². The van der Waals surface area contributed by atoms with Gasteiger partial charge in [0.25, 0.3) is 0 Å². The molecule has 1 fully saturated rings. The standard InChI is InChI=1S/C23H28N2O.C2H6/c1-3-18-4-7-20(8-5-18)21-9-6-19(16-22(21)26)17-25-14-11-23(2,10-13-24)12-15-25;1-2/h4-9,16,26H,3,10-12,14-15,17H2,1-2H3;1-2H3. The van der Waals surface area contributed by atoms with E-state index in [-0.39, 0.29) is 5.41 Å². The van der Waals surface area contributed by atoms with Crippen LogP contribution in [0.1, 0.15) is 58.1 Å². The first-order chi connectivity index (χ1) is 13.5. The topological polar surface area (TPSA) is 47.3 Å². The number of aryl methyl sites for hydroxylation is 1. The van der Waals surface area contributed by atoms with Crippen molar-refractivity contribution in [1.29, 1.82) is 5.26 Å². The van der Waals surface area contributed by atoms with Gasteiger partial charge in [-0.1, -0.05) is 64.1 Å². The van der Waals surface area contributed by atoms with Crippen LogP contribution < -0.4 is 0 Å². The zero-order valence-corrected chi connectivity index (χ0v) is 17.8. The summed E-state index contributed by atoms with van der Waals surface area (Å²) in [7, 11) is 0. The molecule has 3 rings (SSSR count). The van der Waals surface area contributed by atoms with Crippen LogP contribution in [0.5, 0.6) is 5.75 Å². The largest absolute Gasteiger partial charge is 0.507 e. The third-order valence-corrected chi connectivity index (χ3v) is 5.71. The van der Waals surface area contributed by atoms with Crippen LogP contribution in [0.4, 0.5) is 0 Å². The van der Waals surface area contributed by atoms with E-state index in [1.54, 1.807) is 0 Å². The van der Waals surface area contributed by atoms with Crippen molar-refractivity contribution in [2.75, 3.05) is 13.1 Å². The van der Waals surface area contributed by atoms with E-state index in [1.165, 1.54) is 5.56 Å². The smallest absolute Gasteiger partial charge is 0.123 e. The molecule has 1 aliphatic heterocycles. The van der Waals surface area contributed by atoms with E-state index < -0.39 is 0 Å². The SMILES string of the molecule is CC.CCc1ccc(-c2ccc(CN3CCC(C)(CC#N)CC3)cc2O)cc1. The van der Waals surface area contributed by atoms with Gasteiger partial charge in [0.05, 0.1) is 6.07 Å². The second kappa shape index (κ2) is 10.3. The summed E-state index contributed by atoms with van der Waals surface area (Å²) in [5.74, 6) is 0.345. The molecule has 1 N–H and O–H groups in total. The van der Waals surface area contributed by atoms with E-state index >= 15 is 0 Å². The molecule has 0 aliphatic carbocycles. The molecule has 0 atom stereocenters. The highest BCUT2D eigenvalue weighted by Crippen LogP contribution is 2.35. The monoisotopic (exact) mass is 378 g/mol. The van der Waals surface area contributed by atoms with Crippen LogP contribution in [0.25, 0.3) is 11.1 Å². The Labute approximate surface area is 170 Å². The van der Waals surface area contributed by atoms with E-state index in [4.69, 9.17) is 5.26 Å². The number of phenols is 1. The second-order valence-electron chi connectivity index (χ2n) is 7.82. The Morgan fingerprint density at radius 1 is 1.04 bits per heavy atom. The van der Waals surface area contributed by atoms with E-state index in [2.05, 4.69) is 55.1 Å². The first kappa shape index (κ1) is 22.0. The van der Waals surface area contributed by atoms with Gasteiger partial charge in [-0.15, -0.1) is 0 Å². The lowest BCUT2D eigenvalue weighted by molar-refractivity contribution is 0.116. The molecule has 28 heavy (non-hydrogen) atoms. The predicted octanol–water partition coefficient (Wildman–Crippen LogP) is 6.16. The molecule has 0 aromatic heterocycles. The van der Waals surface area contributed by atoms with Crippen LogP contribution in [0.3, 0.4) is 0 Å². The number of hydrogen-bond acceptors (Lipinski definition) is 3. The summed E-state index contributed by atoms with van der Waals surface area (Å²) in [6.07, 6.45) is 3.80. The highest BCUT2D eigenvalue weighted by Gasteiger charge is 2.29. The highest BCUT2D eigenvalue weighted by atomic mass is 16.3. The van der Waals surface area contributed by atoms with Gasteiger partial charge in [0.1, 0.15) is 5.75 Å². The summed E-state index contributed by atoms with van der Waals surface area (Å²) in [5, 5.41) is 19.5. The lowest BCUT2D eigenvalue weighted by atomic mass is 9.78. The maximum absolute atomic E-state index is 10.5. The average molecular weight is 379 g/mol. The normalized spacial score (nSPS) is 16.0. The van der Waals surface area contributed by atoms with Crippen molar-refractivity contribution in [2.24, 2.45) is 5.41 Å². The Morgan fingerprint density at radius 2 is 1.64 bits per heavy atom. The Bertz CT molecular complexity index is 781. The fourth-order valence-electron chi connectivity index (χ4n) is 3.72. The first-order valence-electron chi connectivity index (χ1n) is 10.5. The molecule has 0 unspecified atom stereocenters. The second-order valence-corrected chi connectivity index (χ2v) is 7.82. The lowest BCUT2D eigenvalue weighted by Crippen LogP contribution is -2.38. The van der Waals surface area contributed by atoms with Crippen molar-refractivity contribution >= 4 is 0 Å². The van der Waals surface area contributed by atoms with Crippen molar-refractivity contribution in [3.8, 4) is 22.9 Å². The zero-order valence-electron chi connectivity index (χ0n) is 17.8. The van der Waals surface area contributed by atoms with Crippen molar-refractivity contribution in [1.82, 2.24) is 4.90 Å². The van der Waals surface area contributed by atoms with Gasteiger partial charge in [0.2, 0.25) is 0 Å². The number of hydrogen-bond donors (Lipinski definition) is 1. The first-order valence-corrected chi connectivity index (χ1v) is 10.5. The number of phenolic OH excluding ortho intramolecular Hbond substituents is 1. The summed E-state index contributed by atoms with van der Waals surface area (Å²) in [4.78, 5) is 2.42. The quantitative estimate of drug-likeness (QED) is 0.677. The number of nitriles is 1. The van der Waals surface area contributed by atoms with Crippen LogP contribution in [0, 0.1) is 16.7 Å².